The van der Waals surface area contributed by atoms with Crippen LogP contribution in [-0.2, 0) is 7.05 Å². The average molecular weight is 294 g/mol. The van der Waals surface area contributed by atoms with Crippen LogP contribution in [0.4, 0.5) is 0 Å². The van der Waals surface area contributed by atoms with Gasteiger partial charge in [-0.2, -0.15) is 0 Å². The number of imidazole rings is 1. The van der Waals surface area contributed by atoms with E-state index < -0.39 is 0 Å². The lowest BCUT2D eigenvalue weighted by Crippen LogP contribution is -2.08. The molecule has 1 N–H and O–H groups in total. The highest BCUT2D eigenvalue weighted by atomic mass is 79.9. The number of nitrogens with one attached hydrogen (secondary N) is 1. The van der Waals surface area contributed by atoms with Gasteiger partial charge in [0.1, 0.15) is 0 Å². The summed E-state index contributed by atoms with van der Waals surface area (Å²) < 4.78 is 7.27. The summed E-state index contributed by atoms with van der Waals surface area (Å²) in [6.45, 7) is 0. The number of aryl methyl sites for hydroxylation is 1. The number of oxazole rings is 1. The monoisotopic (exact) mass is 293 g/mol. The number of rotatable bonds is 1. The fourth-order valence-corrected chi connectivity index (χ4v) is 2.06. The lowest BCUT2D eigenvalue weighted by Gasteiger charge is -1.97. The standard InChI is InChI=1S/C11H8BrN3O2/c1-15-8-3-2-6(4-9(8)17-11(15)16)7-5-13-10(12)14-7/h2-5H,1H3,(H,13,14). The number of nitrogens with zero attached hydrogens (tertiary/aromatic N) is 2. The Labute approximate surface area is 104 Å². The van der Waals surface area contributed by atoms with E-state index in [1.807, 2.05) is 18.2 Å². The summed E-state index contributed by atoms with van der Waals surface area (Å²) in [5, 5.41) is 0. The van der Waals surface area contributed by atoms with Crippen molar-refractivity contribution in [2.24, 2.45) is 7.05 Å². The maximum absolute atomic E-state index is 11.4. The molecule has 0 aliphatic rings. The molecule has 0 bridgehead atoms. The van der Waals surface area contributed by atoms with Gasteiger partial charge in [0.25, 0.3) is 0 Å². The molecular formula is C11H8BrN3O2. The molecule has 0 aliphatic heterocycles. The van der Waals surface area contributed by atoms with Gasteiger partial charge in [-0.3, -0.25) is 4.57 Å². The van der Waals surface area contributed by atoms with Crippen molar-refractivity contribution in [1.82, 2.24) is 14.5 Å². The molecule has 0 fully saturated rings. The summed E-state index contributed by atoms with van der Waals surface area (Å²) in [5.74, 6) is -0.358. The van der Waals surface area contributed by atoms with Crippen LogP contribution in [0.2, 0.25) is 0 Å². The summed E-state index contributed by atoms with van der Waals surface area (Å²) in [4.78, 5) is 18.5. The number of aromatic nitrogens is 3. The van der Waals surface area contributed by atoms with Crippen molar-refractivity contribution in [3.8, 4) is 11.3 Å². The molecule has 2 aromatic heterocycles. The van der Waals surface area contributed by atoms with E-state index in [4.69, 9.17) is 4.42 Å². The molecule has 3 rings (SSSR count). The molecule has 1 aromatic carbocycles. The van der Waals surface area contributed by atoms with E-state index >= 15 is 0 Å². The summed E-state index contributed by atoms with van der Waals surface area (Å²) in [6.07, 6.45) is 1.71. The zero-order valence-corrected chi connectivity index (χ0v) is 10.5. The van der Waals surface area contributed by atoms with Crippen LogP contribution in [0.25, 0.3) is 22.4 Å². The number of benzene rings is 1. The van der Waals surface area contributed by atoms with E-state index in [0.717, 1.165) is 16.8 Å². The van der Waals surface area contributed by atoms with Crippen LogP contribution in [0.3, 0.4) is 0 Å². The van der Waals surface area contributed by atoms with Gasteiger partial charge in [0, 0.05) is 12.6 Å². The first-order valence-electron chi connectivity index (χ1n) is 4.95. The molecule has 0 atom stereocenters. The maximum atomic E-state index is 11.4. The minimum Gasteiger partial charge on any atom is -0.408 e. The third-order valence-electron chi connectivity index (χ3n) is 2.65. The molecule has 0 aliphatic carbocycles. The van der Waals surface area contributed by atoms with Crippen molar-refractivity contribution in [2.45, 2.75) is 0 Å². The molecule has 2 heterocycles. The fourth-order valence-electron chi connectivity index (χ4n) is 1.74. The van der Waals surface area contributed by atoms with E-state index in [9.17, 15) is 4.79 Å². The molecular weight excluding hydrogens is 286 g/mol. The largest absolute Gasteiger partial charge is 0.419 e. The van der Waals surface area contributed by atoms with E-state index in [1.165, 1.54) is 4.57 Å². The van der Waals surface area contributed by atoms with Gasteiger partial charge in [-0.25, -0.2) is 9.78 Å². The molecule has 0 unspecified atom stereocenters. The van der Waals surface area contributed by atoms with Crippen molar-refractivity contribution in [2.75, 3.05) is 0 Å². The summed E-state index contributed by atoms with van der Waals surface area (Å²) in [6, 6.07) is 5.58. The highest BCUT2D eigenvalue weighted by Gasteiger charge is 2.08. The Balaban J connectivity index is 2.23. The molecule has 0 saturated heterocycles. The van der Waals surface area contributed by atoms with Gasteiger partial charge in [0.05, 0.1) is 17.4 Å². The SMILES string of the molecule is Cn1c(=O)oc2cc(-c3cnc(Br)[nH]3)ccc21. The first-order valence-corrected chi connectivity index (χ1v) is 5.75. The van der Waals surface area contributed by atoms with Crippen LogP contribution < -0.4 is 5.76 Å². The quantitative estimate of drug-likeness (QED) is 0.749. The van der Waals surface area contributed by atoms with Gasteiger partial charge in [-0.1, -0.05) is 6.07 Å². The third kappa shape index (κ3) is 1.61. The smallest absolute Gasteiger partial charge is 0.408 e. The molecule has 0 saturated carbocycles. The van der Waals surface area contributed by atoms with Gasteiger partial charge in [-0.05, 0) is 28.1 Å². The van der Waals surface area contributed by atoms with Gasteiger partial charge in [0.2, 0.25) is 0 Å². The molecule has 0 spiro atoms. The normalized spacial score (nSPS) is 11.2. The Morgan fingerprint density at radius 3 is 3.00 bits per heavy atom. The number of aromatic amines is 1. The second-order valence-electron chi connectivity index (χ2n) is 3.70. The summed E-state index contributed by atoms with van der Waals surface area (Å²) in [5.41, 5.74) is 3.13. The van der Waals surface area contributed by atoms with E-state index in [-0.39, 0.29) is 5.76 Å². The second kappa shape index (κ2) is 3.59. The third-order valence-corrected chi connectivity index (χ3v) is 3.05. The number of H-pyrrole nitrogens is 1. The number of fused-ring (bicyclic) bond motifs is 1. The van der Waals surface area contributed by atoms with Crippen LogP contribution in [-0.4, -0.2) is 14.5 Å². The maximum Gasteiger partial charge on any atom is 0.419 e. The predicted octanol–water partition coefficient (Wildman–Crippen LogP) is 2.28. The van der Waals surface area contributed by atoms with Crippen LogP contribution in [0, 0.1) is 0 Å². The zero-order chi connectivity index (χ0) is 12.0. The predicted molar refractivity (Wildman–Crippen MR) is 66.7 cm³/mol. The second-order valence-corrected chi connectivity index (χ2v) is 4.45. The summed E-state index contributed by atoms with van der Waals surface area (Å²) >= 11 is 3.25. The Hall–Kier alpha value is -1.82. The van der Waals surface area contributed by atoms with Crippen molar-refractivity contribution in [1.29, 1.82) is 0 Å². The molecule has 0 amide bonds. The first kappa shape index (κ1) is 10.3. The minimum atomic E-state index is -0.358. The van der Waals surface area contributed by atoms with E-state index in [0.29, 0.717) is 10.3 Å². The van der Waals surface area contributed by atoms with Crippen LogP contribution in [0.5, 0.6) is 0 Å². The molecule has 0 radical (unpaired) electrons. The fraction of sp³-hybridized carbons (Fsp3) is 0.0909. The van der Waals surface area contributed by atoms with Gasteiger partial charge >= 0.3 is 5.76 Å². The van der Waals surface area contributed by atoms with Crippen molar-refractivity contribution in [3.63, 3.8) is 0 Å². The Morgan fingerprint density at radius 2 is 2.29 bits per heavy atom. The Kier molecular flexibility index (Phi) is 2.19. The number of hydrogen-bond donors (Lipinski definition) is 1. The molecule has 3 aromatic rings. The van der Waals surface area contributed by atoms with Crippen LogP contribution in [0.1, 0.15) is 0 Å². The van der Waals surface area contributed by atoms with E-state index in [2.05, 4.69) is 25.9 Å². The average Bonchev–Trinajstić information content (AvgIpc) is 2.85. The van der Waals surface area contributed by atoms with Crippen molar-refractivity contribution >= 4 is 27.0 Å². The zero-order valence-electron chi connectivity index (χ0n) is 8.90. The van der Waals surface area contributed by atoms with Gasteiger partial charge < -0.3 is 9.40 Å². The van der Waals surface area contributed by atoms with Crippen LogP contribution in [0.15, 0.2) is 38.3 Å². The molecule has 86 valence electrons. The highest BCUT2D eigenvalue weighted by Crippen LogP contribution is 2.23. The van der Waals surface area contributed by atoms with E-state index in [1.54, 1.807) is 13.2 Å². The minimum absolute atomic E-state index is 0.358. The van der Waals surface area contributed by atoms with Gasteiger partial charge in [-0.15, -0.1) is 0 Å². The van der Waals surface area contributed by atoms with Crippen LogP contribution >= 0.6 is 15.9 Å². The lowest BCUT2D eigenvalue weighted by atomic mass is 10.1. The van der Waals surface area contributed by atoms with Crippen molar-refractivity contribution in [3.05, 3.63) is 39.7 Å². The Bertz CT molecular complexity index is 754. The number of halogens is 1. The highest BCUT2D eigenvalue weighted by molar-refractivity contribution is 9.10. The van der Waals surface area contributed by atoms with Gasteiger partial charge in [0.15, 0.2) is 10.3 Å². The first-order chi connectivity index (χ1) is 8.15. The Morgan fingerprint density at radius 1 is 1.47 bits per heavy atom. The van der Waals surface area contributed by atoms with Crippen molar-refractivity contribution < 1.29 is 4.42 Å². The summed E-state index contributed by atoms with van der Waals surface area (Å²) in [7, 11) is 1.68. The topological polar surface area (TPSA) is 63.8 Å². The molecule has 5 nitrogen and oxygen atoms in total. The number of hydrogen-bond acceptors (Lipinski definition) is 3. The molecule has 17 heavy (non-hydrogen) atoms. The lowest BCUT2D eigenvalue weighted by molar-refractivity contribution is 0.528. The molecule has 6 heteroatoms.